The summed E-state index contributed by atoms with van der Waals surface area (Å²) in [4.78, 5) is 39.8. The molecule has 8 nitrogen and oxygen atoms in total. The number of fused-ring (bicyclic) bond motifs is 1. The predicted octanol–water partition coefficient (Wildman–Crippen LogP) is 3.53. The highest BCUT2D eigenvalue weighted by Crippen LogP contribution is 2.53. The van der Waals surface area contributed by atoms with Gasteiger partial charge >= 0.3 is 5.76 Å². The van der Waals surface area contributed by atoms with Crippen molar-refractivity contribution in [2.45, 2.75) is 70.4 Å². The molecule has 5 rings (SSSR count). The Morgan fingerprint density at radius 1 is 1.15 bits per heavy atom. The maximum atomic E-state index is 12.9. The van der Waals surface area contributed by atoms with Gasteiger partial charge in [-0.1, -0.05) is 0 Å². The lowest BCUT2D eigenvalue weighted by Crippen LogP contribution is -2.45. The van der Waals surface area contributed by atoms with Crippen LogP contribution in [0.3, 0.4) is 0 Å². The van der Waals surface area contributed by atoms with Gasteiger partial charge in [0.1, 0.15) is 6.54 Å². The highest BCUT2D eigenvalue weighted by Gasteiger charge is 2.47. The molecule has 2 amide bonds. The molecule has 2 aliphatic carbocycles. The molecule has 1 N–H and O–H groups in total. The molecular weight excluding hydrogens is 422 g/mol. The van der Waals surface area contributed by atoms with Crippen molar-refractivity contribution in [2.24, 2.45) is 11.3 Å². The maximum Gasteiger partial charge on any atom is 0.420 e. The molecule has 2 heterocycles. The SMILES string of the molecule is COC1CC2(CCC(C(=O)Nc3ccc4oc(=O)n(CC(=O)N5CCCCC5)c4c3)CC2)C1. The number of nitrogens with zero attached hydrogens (tertiary/aromatic N) is 2. The molecule has 3 fully saturated rings. The molecule has 1 spiro atoms. The van der Waals surface area contributed by atoms with E-state index in [0.717, 1.165) is 70.9 Å². The Labute approximate surface area is 193 Å². The zero-order valence-electron chi connectivity index (χ0n) is 19.3. The molecular formula is C25H33N3O5. The van der Waals surface area contributed by atoms with E-state index in [1.165, 1.54) is 4.57 Å². The summed E-state index contributed by atoms with van der Waals surface area (Å²) >= 11 is 0. The van der Waals surface area contributed by atoms with Gasteiger partial charge in [-0.05, 0) is 81.4 Å². The van der Waals surface area contributed by atoms with E-state index in [1.54, 1.807) is 25.3 Å². The number of carbonyl (C=O) groups is 2. The molecule has 2 aromatic rings. The van der Waals surface area contributed by atoms with E-state index in [9.17, 15) is 14.4 Å². The zero-order valence-corrected chi connectivity index (χ0v) is 19.3. The van der Waals surface area contributed by atoms with Crippen LogP contribution >= 0.6 is 0 Å². The van der Waals surface area contributed by atoms with Gasteiger partial charge in [-0.25, -0.2) is 4.79 Å². The van der Waals surface area contributed by atoms with E-state index >= 15 is 0 Å². The summed E-state index contributed by atoms with van der Waals surface area (Å²) < 4.78 is 12.1. The van der Waals surface area contributed by atoms with Crippen LogP contribution < -0.4 is 11.1 Å². The summed E-state index contributed by atoms with van der Waals surface area (Å²) in [5.41, 5.74) is 1.95. The van der Waals surface area contributed by atoms with Gasteiger partial charge in [-0.15, -0.1) is 0 Å². The minimum absolute atomic E-state index is 0.000129. The van der Waals surface area contributed by atoms with E-state index in [2.05, 4.69) is 5.32 Å². The molecule has 33 heavy (non-hydrogen) atoms. The van der Waals surface area contributed by atoms with E-state index in [4.69, 9.17) is 9.15 Å². The molecule has 3 aliphatic rings. The number of carbonyl (C=O) groups excluding carboxylic acids is 2. The molecule has 2 saturated carbocycles. The fourth-order valence-electron chi connectivity index (χ4n) is 5.89. The molecule has 1 saturated heterocycles. The normalized spacial score (nSPS) is 27.5. The average molecular weight is 456 g/mol. The van der Waals surface area contributed by atoms with Crippen molar-refractivity contribution in [1.82, 2.24) is 9.47 Å². The molecule has 1 aromatic heterocycles. The number of rotatable bonds is 5. The highest BCUT2D eigenvalue weighted by atomic mass is 16.5. The molecule has 0 unspecified atom stereocenters. The summed E-state index contributed by atoms with van der Waals surface area (Å²) in [6, 6.07) is 5.17. The Hall–Kier alpha value is -2.61. The van der Waals surface area contributed by atoms with Crippen LogP contribution in [0.25, 0.3) is 11.1 Å². The molecule has 1 aliphatic heterocycles. The second-order valence-electron chi connectivity index (χ2n) is 10.1. The van der Waals surface area contributed by atoms with E-state index in [0.29, 0.717) is 28.3 Å². The number of amides is 2. The van der Waals surface area contributed by atoms with Crippen LogP contribution in [0.4, 0.5) is 5.69 Å². The summed E-state index contributed by atoms with van der Waals surface area (Å²) in [6.07, 6.45) is 9.68. The second-order valence-corrected chi connectivity index (χ2v) is 10.1. The fourth-order valence-corrected chi connectivity index (χ4v) is 5.89. The quantitative estimate of drug-likeness (QED) is 0.744. The van der Waals surface area contributed by atoms with Gasteiger partial charge in [0.05, 0.1) is 11.6 Å². The van der Waals surface area contributed by atoms with Crippen LogP contribution in [-0.2, 0) is 20.9 Å². The smallest absolute Gasteiger partial charge is 0.408 e. The molecule has 0 bridgehead atoms. The van der Waals surface area contributed by atoms with Gasteiger partial charge in [-0.3, -0.25) is 14.2 Å². The van der Waals surface area contributed by atoms with Gasteiger partial charge in [-0.2, -0.15) is 0 Å². The minimum Gasteiger partial charge on any atom is -0.408 e. The van der Waals surface area contributed by atoms with Crippen LogP contribution in [0.5, 0.6) is 0 Å². The van der Waals surface area contributed by atoms with E-state index in [1.807, 2.05) is 4.90 Å². The number of piperidine rings is 1. The number of oxazole rings is 1. The van der Waals surface area contributed by atoms with Crippen molar-refractivity contribution >= 4 is 28.6 Å². The molecule has 8 heteroatoms. The number of methoxy groups -OCH3 is 1. The summed E-state index contributed by atoms with van der Waals surface area (Å²) in [7, 11) is 1.77. The van der Waals surface area contributed by atoms with E-state index in [-0.39, 0.29) is 24.3 Å². The lowest BCUT2D eigenvalue weighted by atomic mass is 9.57. The first-order valence-electron chi connectivity index (χ1n) is 12.2. The van der Waals surface area contributed by atoms with Crippen molar-refractivity contribution in [2.75, 3.05) is 25.5 Å². The Morgan fingerprint density at radius 2 is 1.88 bits per heavy atom. The minimum atomic E-state index is -0.550. The van der Waals surface area contributed by atoms with Gasteiger partial charge in [0.25, 0.3) is 0 Å². The molecule has 0 atom stereocenters. The number of hydrogen-bond acceptors (Lipinski definition) is 5. The van der Waals surface area contributed by atoms with Crippen LogP contribution in [0.2, 0.25) is 0 Å². The standard InChI is InChI=1S/C25H33N3O5/c1-32-19-14-25(15-19)9-7-17(8-10-25)23(30)26-18-5-6-21-20(13-18)28(24(31)33-21)16-22(29)27-11-3-2-4-12-27/h5-6,13,17,19H,2-4,7-12,14-16H2,1H3,(H,26,30). The van der Waals surface area contributed by atoms with Crippen molar-refractivity contribution < 1.29 is 18.7 Å². The third-order valence-electron chi connectivity index (χ3n) is 8.01. The highest BCUT2D eigenvalue weighted by molar-refractivity contribution is 5.94. The van der Waals surface area contributed by atoms with Gasteiger partial charge < -0.3 is 19.4 Å². The fraction of sp³-hybridized carbons (Fsp3) is 0.640. The zero-order chi connectivity index (χ0) is 23.0. The molecule has 1 aromatic carbocycles. The molecule has 178 valence electrons. The van der Waals surface area contributed by atoms with Crippen LogP contribution in [0, 0.1) is 11.3 Å². The molecule has 0 radical (unpaired) electrons. The monoisotopic (exact) mass is 455 g/mol. The third kappa shape index (κ3) is 4.45. The van der Waals surface area contributed by atoms with Crippen molar-refractivity contribution in [3.8, 4) is 0 Å². The first-order valence-corrected chi connectivity index (χ1v) is 12.2. The number of hydrogen-bond donors (Lipinski definition) is 1. The topological polar surface area (TPSA) is 93.8 Å². The van der Waals surface area contributed by atoms with E-state index < -0.39 is 5.76 Å². The average Bonchev–Trinajstić information content (AvgIpc) is 3.12. The largest absolute Gasteiger partial charge is 0.420 e. The lowest BCUT2D eigenvalue weighted by molar-refractivity contribution is -0.132. The number of benzene rings is 1. The Balaban J connectivity index is 1.24. The second kappa shape index (κ2) is 8.97. The van der Waals surface area contributed by atoms with Gasteiger partial charge in [0.2, 0.25) is 11.8 Å². The number of likely N-dealkylation sites (tertiary alicyclic amines) is 1. The van der Waals surface area contributed by atoms with Crippen molar-refractivity contribution in [3.63, 3.8) is 0 Å². The first kappa shape index (κ1) is 22.2. The van der Waals surface area contributed by atoms with Crippen LogP contribution in [0.1, 0.15) is 57.8 Å². The summed E-state index contributed by atoms with van der Waals surface area (Å²) in [6.45, 7) is 1.43. The van der Waals surface area contributed by atoms with Crippen LogP contribution in [0.15, 0.2) is 27.4 Å². The Morgan fingerprint density at radius 3 is 2.58 bits per heavy atom. The summed E-state index contributed by atoms with van der Waals surface area (Å²) in [5, 5.41) is 3.02. The third-order valence-corrected chi connectivity index (χ3v) is 8.01. The van der Waals surface area contributed by atoms with Gasteiger partial charge in [0, 0.05) is 31.8 Å². The van der Waals surface area contributed by atoms with Crippen LogP contribution in [-0.4, -0.2) is 47.6 Å². The number of ether oxygens (including phenoxy) is 1. The first-order chi connectivity index (χ1) is 16.0. The Bertz CT molecular complexity index is 1080. The number of aromatic nitrogens is 1. The predicted molar refractivity (Wildman–Crippen MR) is 124 cm³/mol. The van der Waals surface area contributed by atoms with Gasteiger partial charge in [0.15, 0.2) is 5.58 Å². The van der Waals surface area contributed by atoms with Crippen molar-refractivity contribution in [3.05, 3.63) is 28.7 Å². The number of anilines is 1. The number of nitrogens with one attached hydrogen (secondary N) is 1. The maximum absolute atomic E-state index is 12.9. The lowest BCUT2D eigenvalue weighted by Gasteiger charge is -2.50. The van der Waals surface area contributed by atoms with Crippen molar-refractivity contribution in [1.29, 1.82) is 0 Å². The summed E-state index contributed by atoms with van der Waals surface area (Å²) in [5.74, 6) is -0.600. The Kier molecular flexibility index (Phi) is 6.03.